The van der Waals surface area contributed by atoms with Gasteiger partial charge in [-0.1, -0.05) is 30.3 Å². The molecule has 4 rings (SSSR count). The minimum absolute atomic E-state index is 0.00999. The van der Waals surface area contributed by atoms with Crippen molar-refractivity contribution < 1.29 is 14.4 Å². The second kappa shape index (κ2) is 10.0. The van der Waals surface area contributed by atoms with E-state index < -0.39 is 5.54 Å². The van der Waals surface area contributed by atoms with Gasteiger partial charge >= 0.3 is 6.03 Å². The fourth-order valence-corrected chi connectivity index (χ4v) is 5.08. The third kappa shape index (κ3) is 4.89. The number of para-hydroxylation sites is 2. The van der Waals surface area contributed by atoms with Gasteiger partial charge in [0.05, 0.1) is 12.4 Å². The first kappa shape index (κ1) is 24.1. The number of likely N-dealkylation sites (tertiary alicyclic amines) is 1. The van der Waals surface area contributed by atoms with Crippen molar-refractivity contribution in [3.8, 4) is 0 Å². The Bertz CT molecular complexity index is 1050. The number of anilines is 2. The van der Waals surface area contributed by atoms with Crippen LogP contribution in [0.15, 0.2) is 59.1 Å². The van der Waals surface area contributed by atoms with Gasteiger partial charge in [-0.2, -0.15) is 0 Å². The summed E-state index contributed by atoms with van der Waals surface area (Å²) in [7, 11) is 0. The summed E-state index contributed by atoms with van der Waals surface area (Å²) in [5.74, 6) is -0.222. The Morgan fingerprint density at radius 1 is 1.03 bits per heavy atom. The Morgan fingerprint density at radius 2 is 1.68 bits per heavy atom. The average molecular weight is 528 g/mol. The van der Waals surface area contributed by atoms with E-state index in [0.717, 1.165) is 10.2 Å². The number of nitrogens with zero attached hydrogens (tertiary/aromatic N) is 3. The fraction of sp³-hybridized carbons (Fsp3) is 0.400. The Morgan fingerprint density at radius 3 is 2.32 bits per heavy atom. The van der Waals surface area contributed by atoms with Gasteiger partial charge < -0.3 is 25.3 Å². The van der Waals surface area contributed by atoms with Crippen LogP contribution in [0.2, 0.25) is 0 Å². The van der Waals surface area contributed by atoms with E-state index in [9.17, 15) is 14.4 Å². The predicted octanol–water partition coefficient (Wildman–Crippen LogP) is 3.65. The maximum atomic E-state index is 13.7. The van der Waals surface area contributed by atoms with Gasteiger partial charge in [-0.15, -0.1) is 0 Å². The normalized spacial score (nSPS) is 17.4. The van der Waals surface area contributed by atoms with Crippen molar-refractivity contribution in [3.05, 3.63) is 59.1 Å². The molecule has 0 radical (unpaired) electrons. The summed E-state index contributed by atoms with van der Waals surface area (Å²) >= 11 is 3.46. The highest BCUT2D eigenvalue weighted by Crippen LogP contribution is 2.39. The van der Waals surface area contributed by atoms with Gasteiger partial charge in [0.25, 0.3) is 5.91 Å². The highest BCUT2D eigenvalue weighted by atomic mass is 79.9. The SMILES string of the molecule is CC(C)NC(=O)CN1CN(c2ccccc2)C2(CCN(C(=O)Nc3ccccc3Br)CC2)C1=O. The summed E-state index contributed by atoms with van der Waals surface area (Å²) in [4.78, 5) is 44.5. The molecule has 180 valence electrons. The number of hydrogen-bond acceptors (Lipinski definition) is 4. The van der Waals surface area contributed by atoms with Gasteiger partial charge in [-0.05, 0) is 66.9 Å². The Balaban J connectivity index is 1.51. The fourth-order valence-electron chi connectivity index (χ4n) is 4.70. The van der Waals surface area contributed by atoms with Crippen LogP contribution in [-0.4, -0.2) is 65.5 Å². The minimum Gasteiger partial charge on any atom is -0.352 e. The lowest BCUT2D eigenvalue weighted by Crippen LogP contribution is -2.58. The van der Waals surface area contributed by atoms with Gasteiger partial charge in [0, 0.05) is 29.3 Å². The summed E-state index contributed by atoms with van der Waals surface area (Å²) < 4.78 is 0.813. The first-order valence-corrected chi connectivity index (χ1v) is 12.3. The Kier molecular flexibility index (Phi) is 7.11. The average Bonchev–Trinajstić information content (AvgIpc) is 3.07. The van der Waals surface area contributed by atoms with Crippen LogP contribution in [-0.2, 0) is 9.59 Å². The summed E-state index contributed by atoms with van der Waals surface area (Å²) in [6, 6.07) is 17.1. The Hall–Kier alpha value is -3.07. The zero-order chi connectivity index (χ0) is 24.3. The van der Waals surface area contributed by atoms with Crippen molar-refractivity contribution in [1.29, 1.82) is 0 Å². The van der Waals surface area contributed by atoms with E-state index in [1.54, 1.807) is 9.80 Å². The summed E-state index contributed by atoms with van der Waals surface area (Å²) in [6.45, 7) is 5.05. The molecule has 0 bridgehead atoms. The van der Waals surface area contributed by atoms with Crippen LogP contribution in [0.4, 0.5) is 16.2 Å². The largest absolute Gasteiger partial charge is 0.352 e. The molecule has 2 aromatic rings. The number of carbonyl (C=O) groups excluding carboxylic acids is 3. The van der Waals surface area contributed by atoms with E-state index in [1.165, 1.54) is 0 Å². The van der Waals surface area contributed by atoms with E-state index in [2.05, 4.69) is 31.5 Å². The van der Waals surface area contributed by atoms with Crippen LogP contribution >= 0.6 is 15.9 Å². The van der Waals surface area contributed by atoms with E-state index in [4.69, 9.17) is 0 Å². The van der Waals surface area contributed by atoms with Gasteiger partial charge in [0.1, 0.15) is 12.1 Å². The highest BCUT2D eigenvalue weighted by molar-refractivity contribution is 9.10. The van der Waals surface area contributed by atoms with Crippen LogP contribution in [0.3, 0.4) is 0 Å². The molecule has 8 nitrogen and oxygen atoms in total. The number of urea groups is 1. The third-order valence-electron chi connectivity index (χ3n) is 6.36. The predicted molar refractivity (Wildman–Crippen MR) is 135 cm³/mol. The van der Waals surface area contributed by atoms with Crippen LogP contribution in [0, 0.1) is 0 Å². The van der Waals surface area contributed by atoms with Crippen LogP contribution in [0.1, 0.15) is 26.7 Å². The second-order valence-electron chi connectivity index (χ2n) is 9.06. The molecule has 2 fully saturated rings. The van der Waals surface area contributed by atoms with E-state index in [1.807, 2.05) is 68.4 Å². The molecular weight excluding hydrogens is 498 g/mol. The standard InChI is InChI=1S/C25H30BrN5O3/c1-18(2)27-22(32)16-30-17-31(19-8-4-3-5-9-19)25(23(30)33)12-14-29(15-13-25)24(34)28-21-11-7-6-10-20(21)26/h3-11,18H,12-17H2,1-2H3,(H,27,32)(H,28,34). The lowest BCUT2D eigenvalue weighted by Gasteiger charge is -2.43. The topological polar surface area (TPSA) is 85.0 Å². The van der Waals surface area contributed by atoms with Crippen molar-refractivity contribution in [1.82, 2.24) is 15.1 Å². The molecule has 2 heterocycles. The molecular formula is C25H30BrN5O3. The lowest BCUT2D eigenvalue weighted by atomic mass is 9.85. The molecule has 2 aromatic carbocycles. The minimum atomic E-state index is -0.774. The van der Waals surface area contributed by atoms with Crippen molar-refractivity contribution in [2.45, 2.75) is 38.3 Å². The molecule has 2 aliphatic heterocycles. The zero-order valence-corrected chi connectivity index (χ0v) is 21.0. The molecule has 34 heavy (non-hydrogen) atoms. The van der Waals surface area contributed by atoms with Crippen LogP contribution in [0.25, 0.3) is 0 Å². The highest BCUT2D eigenvalue weighted by Gasteiger charge is 2.54. The number of hydrogen-bond donors (Lipinski definition) is 2. The van der Waals surface area contributed by atoms with E-state index in [-0.39, 0.29) is 30.4 Å². The molecule has 2 saturated heterocycles. The zero-order valence-electron chi connectivity index (χ0n) is 19.5. The lowest BCUT2D eigenvalue weighted by molar-refractivity contribution is -0.137. The summed E-state index contributed by atoms with van der Waals surface area (Å²) in [6.07, 6.45) is 0.985. The second-order valence-corrected chi connectivity index (χ2v) is 9.91. The molecule has 0 saturated carbocycles. The summed E-state index contributed by atoms with van der Waals surface area (Å²) in [5.41, 5.74) is 0.871. The van der Waals surface area contributed by atoms with Gasteiger partial charge in [0.2, 0.25) is 5.91 Å². The first-order valence-electron chi connectivity index (χ1n) is 11.5. The molecule has 0 atom stereocenters. The van der Waals surface area contributed by atoms with Crippen molar-refractivity contribution in [2.75, 3.05) is 36.5 Å². The number of benzene rings is 2. The van der Waals surface area contributed by atoms with Crippen LogP contribution < -0.4 is 15.5 Å². The molecule has 2 N–H and O–H groups in total. The number of amides is 4. The number of halogens is 1. The molecule has 2 aliphatic rings. The van der Waals surface area contributed by atoms with E-state index >= 15 is 0 Å². The van der Waals surface area contributed by atoms with Gasteiger partial charge in [-0.25, -0.2) is 4.79 Å². The smallest absolute Gasteiger partial charge is 0.321 e. The number of nitrogens with one attached hydrogen (secondary N) is 2. The number of carbonyl (C=O) groups is 3. The van der Waals surface area contributed by atoms with Crippen molar-refractivity contribution >= 4 is 45.2 Å². The third-order valence-corrected chi connectivity index (χ3v) is 7.05. The molecule has 4 amide bonds. The molecule has 0 unspecified atom stereocenters. The molecule has 0 aromatic heterocycles. The first-order chi connectivity index (χ1) is 16.3. The van der Waals surface area contributed by atoms with Crippen LogP contribution in [0.5, 0.6) is 0 Å². The molecule has 0 aliphatic carbocycles. The maximum Gasteiger partial charge on any atom is 0.321 e. The molecule has 1 spiro atoms. The monoisotopic (exact) mass is 527 g/mol. The number of piperidine rings is 1. The van der Waals surface area contributed by atoms with Crippen molar-refractivity contribution in [3.63, 3.8) is 0 Å². The van der Waals surface area contributed by atoms with E-state index in [0.29, 0.717) is 38.3 Å². The maximum absolute atomic E-state index is 13.7. The van der Waals surface area contributed by atoms with Gasteiger partial charge in [-0.3, -0.25) is 9.59 Å². The molecule has 9 heteroatoms. The summed E-state index contributed by atoms with van der Waals surface area (Å²) in [5, 5.41) is 5.81. The van der Waals surface area contributed by atoms with Crippen molar-refractivity contribution in [2.24, 2.45) is 0 Å². The van der Waals surface area contributed by atoms with Gasteiger partial charge in [0.15, 0.2) is 0 Å². The Labute approximate surface area is 208 Å². The number of rotatable bonds is 5. The quantitative estimate of drug-likeness (QED) is 0.621.